The van der Waals surface area contributed by atoms with Crippen LogP contribution in [0.3, 0.4) is 0 Å². The summed E-state index contributed by atoms with van der Waals surface area (Å²) < 4.78 is 0. The molecule has 0 heterocycles. The molecule has 1 radical (unpaired) electrons. The van der Waals surface area contributed by atoms with E-state index in [-0.39, 0.29) is 27.7 Å². The van der Waals surface area contributed by atoms with E-state index in [1.54, 1.807) is 0 Å². The Bertz CT molecular complexity index is 37.7. The maximum absolute atomic E-state index is 5.17. The zero-order chi connectivity index (χ0) is 5.54. The third-order valence-electron chi connectivity index (χ3n) is 0.642. The second kappa shape index (κ2) is 22.8. The van der Waals surface area contributed by atoms with E-state index < -0.39 is 0 Å². The molecule has 0 fully saturated rings. The monoisotopic (exact) mass is 196 g/mol. The van der Waals surface area contributed by atoms with E-state index >= 15 is 0 Å². The van der Waals surface area contributed by atoms with Gasteiger partial charge in [-0.15, -0.1) is 0 Å². The van der Waals surface area contributed by atoms with E-state index in [0.717, 1.165) is 13.1 Å². The summed E-state index contributed by atoms with van der Waals surface area (Å²) in [7, 11) is 0. The van der Waals surface area contributed by atoms with Gasteiger partial charge in [0.15, 0.2) is 0 Å². The molecule has 0 spiro atoms. The molecule has 7 N–H and O–H groups in total. The standard InChI is InChI=1S/C4H13N3.Co.2H2O/c5-1-3-7-4-2-6;;;/h7H,1-6H2;;2*1H2/q;+2;;/p-2. The molecule has 0 rings (SSSR count). The van der Waals surface area contributed by atoms with E-state index in [0.29, 0.717) is 13.1 Å². The van der Waals surface area contributed by atoms with Crippen LogP contribution in [0, 0.1) is 0 Å². The summed E-state index contributed by atoms with van der Waals surface area (Å²) in [5, 5.41) is 3.03. The average molecular weight is 196 g/mol. The van der Waals surface area contributed by atoms with Crippen molar-refractivity contribution in [1.29, 1.82) is 0 Å². The Morgan fingerprint density at radius 1 is 0.900 bits per heavy atom. The molecule has 0 saturated carbocycles. The Morgan fingerprint density at radius 2 is 1.20 bits per heavy atom. The van der Waals surface area contributed by atoms with Crippen molar-refractivity contribution in [3.63, 3.8) is 0 Å². The number of hydrogen-bond acceptors (Lipinski definition) is 5. The Balaban J connectivity index is -0.0000000600. The van der Waals surface area contributed by atoms with Gasteiger partial charge >= 0.3 is 16.8 Å². The Labute approximate surface area is 71.3 Å². The summed E-state index contributed by atoms with van der Waals surface area (Å²) in [5.74, 6) is 0. The van der Waals surface area contributed by atoms with Crippen LogP contribution in [0.5, 0.6) is 0 Å². The van der Waals surface area contributed by atoms with Crippen molar-refractivity contribution in [2.24, 2.45) is 11.5 Å². The SMILES string of the molecule is NCCNCCN.[Co+2].[OH-].[OH-]. The molecule has 6 heteroatoms. The topological polar surface area (TPSA) is 124 Å². The van der Waals surface area contributed by atoms with Gasteiger partial charge in [0.25, 0.3) is 0 Å². The Morgan fingerprint density at radius 3 is 1.40 bits per heavy atom. The summed E-state index contributed by atoms with van der Waals surface area (Å²) in [6.45, 7) is 3.13. The van der Waals surface area contributed by atoms with Crippen molar-refractivity contribution in [2.45, 2.75) is 0 Å². The molecule has 0 bridgehead atoms. The fourth-order valence-corrected chi connectivity index (χ4v) is 0.329. The van der Waals surface area contributed by atoms with Crippen LogP contribution in [0.15, 0.2) is 0 Å². The average Bonchev–Trinajstić information content (AvgIpc) is 1.69. The number of nitrogens with one attached hydrogen (secondary N) is 1. The first-order chi connectivity index (χ1) is 3.41. The molecule has 0 amide bonds. The van der Waals surface area contributed by atoms with Crippen LogP contribution in [0.2, 0.25) is 0 Å². The molecule has 0 aromatic heterocycles. The molecule has 0 aliphatic carbocycles. The van der Waals surface area contributed by atoms with Gasteiger partial charge in [0.1, 0.15) is 0 Å². The van der Waals surface area contributed by atoms with Gasteiger partial charge in [0, 0.05) is 26.2 Å². The van der Waals surface area contributed by atoms with E-state index in [4.69, 9.17) is 11.5 Å². The fourth-order valence-electron chi connectivity index (χ4n) is 0.329. The zero-order valence-corrected chi connectivity index (χ0v) is 6.75. The first-order valence-corrected chi connectivity index (χ1v) is 2.52. The van der Waals surface area contributed by atoms with Crippen molar-refractivity contribution < 1.29 is 27.7 Å². The third kappa shape index (κ3) is 23.9. The van der Waals surface area contributed by atoms with E-state index in [1.165, 1.54) is 0 Å². The van der Waals surface area contributed by atoms with Crippen molar-refractivity contribution in [2.75, 3.05) is 26.2 Å². The molecule has 0 aliphatic heterocycles. The zero-order valence-electron chi connectivity index (χ0n) is 5.71. The van der Waals surface area contributed by atoms with Crippen molar-refractivity contribution in [3.8, 4) is 0 Å². The van der Waals surface area contributed by atoms with Gasteiger partial charge < -0.3 is 27.7 Å². The number of rotatable bonds is 4. The molecule has 67 valence electrons. The smallest absolute Gasteiger partial charge is 0.870 e. The third-order valence-corrected chi connectivity index (χ3v) is 0.642. The van der Waals surface area contributed by atoms with Gasteiger partial charge in [-0.3, -0.25) is 0 Å². The predicted octanol–water partition coefficient (Wildman–Crippen LogP) is -1.86. The maximum atomic E-state index is 5.17. The first-order valence-electron chi connectivity index (χ1n) is 2.52. The second-order valence-electron chi connectivity index (χ2n) is 1.33. The van der Waals surface area contributed by atoms with E-state index in [9.17, 15) is 0 Å². The predicted molar refractivity (Wildman–Crippen MR) is 34.9 cm³/mol. The first kappa shape index (κ1) is 22.4. The van der Waals surface area contributed by atoms with Crippen LogP contribution in [-0.4, -0.2) is 37.1 Å². The minimum Gasteiger partial charge on any atom is -0.870 e. The maximum Gasteiger partial charge on any atom is 2.00 e. The van der Waals surface area contributed by atoms with Crippen molar-refractivity contribution in [3.05, 3.63) is 0 Å². The Kier molecular flexibility index (Phi) is 51.2. The molecule has 0 saturated heterocycles. The molecule has 0 aromatic carbocycles. The molecule has 10 heavy (non-hydrogen) atoms. The van der Waals surface area contributed by atoms with Crippen molar-refractivity contribution >= 4 is 0 Å². The largest absolute Gasteiger partial charge is 2.00 e. The summed E-state index contributed by atoms with van der Waals surface area (Å²) in [6.07, 6.45) is 0. The Hall–Kier alpha value is 0.306. The fraction of sp³-hybridized carbons (Fsp3) is 1.00. The minimum atomic E-state index is 0. The van der Waals surface area contributed by atoms with Gasteiger partial charge in [-0.2, -0.15) is 0 Å². The van der Waals surface area contributed by atoms with Gasteiger partial charge in [-0.25, -0.2) is 0 Å². The normalized spacial score (nSPS) is 6.60. The molecule has 0 atom stereocenters. The van der Waals surface area contributed by atoms with Crippen molar-refractivity contribution in [1.82, 2.24) is 5.32 Å². The molecule has 5 nitrogen and oxygen atoms in total. The summed E-state index contributed by atoms with van der Waals surface area (Å²) in [6, 6.07) is 0. The minimum absolute atomic E-state index is 0. The molecule has 0 aliphatic rings. The molecule has 0 unspecified atom stereocenters. The van der Waals surface area contributed by atoms with Gasteiger partial charge in [0.05, 0.1) is 0 Å². The van der Waals surface area contributed by atoms with Gasteiger partial charge in [-0.1, -0.05) is 0 Å². The van der Waals surface area contributed by atoms with Gasteiger partial charge in [-0.05, 0) is 0 Å². The number of nitrogens with two attached hydrogens (primary N) is 2. The quantitative estimate of drug-likeness (QED) is 0.454. The van der Waals surface area contributed by atoms with Crippen LogP contribution in [-0.2, 0) is 16.8 Å². The van der Waals surface area contributed by atoms with Crippen LogP contribution in [0.25, 0.3) is 0 Å². The molecular formula is C4H15CoN3O2. The summed E-state index contributed by atoms with van der Waals surface area (Å²) in [4.78, 5) is 0. The van der Waals surface area contributed by atoms with Crippen LogP contribution >= 0.6 is 0 Å². The molecular weight excluding hydrogens is 181 g/mol. The summed E-state index contributed by atoms with van der Waals surface area (Å²) in [5.41, 5.74) is 10.3. The van der Waals surface area contributed by atoms with Crippen LogP contribution < -0.4 is 16.8 Å². The van der Waals surface area contributed by atoms with E-state index in [1.807, 2.05) is 0 Å². The number of hydrogen-bond donors (Lipinski definition) is 3. The second-order valence-corrected chi connectivity index (χ2v) is 1.33. The van der Waals surface area contributed by atoms with Crippen LogP contribution in [0.4, 0.5) is 0 Å². The van der Waals surface area contributed by atoms with Crippen LogP contribution in [0.1, 0.15) is 0 Å². The van der Waals surface area contributed by atoms with E-state index in [2.05, 4.69) is 5.32 Å². The summed E-state index contributed by atoms with van der Waals surface area (Å²) >= 11 is 0. The molecule has 0 aromatic rings. The van der Waals surface area contributed by atoms with Gasteiger partial charge in [0.2, 0.25) is 0 Å².